The van der Waals surface area contributed by atoms with Gasteiger partial charge in [0, 0.05) is 29.6 Å². The number of fused-ring (bicyclic) bond motifs is 1. The summed E-state index contributed by atoms with van der Waals surface area (Å²) in [5.74, 6) is -0.278. The minimum absolute atomic E-state index is 0.0329. The molecule has 0 aliphatic heterocycles. The largest absolute Gasteiger partial charge is 0.507 e. The Morgan fingerprint density at radius 3 is 2.78 bits per heavy atom. The molecule has 23 heavy (non-hydrogen) atoms. The van der Waals surface area contributed by atoms with Gasteiger partial charge < -0.3 is 10.0 Å². The number of aromatic hydroxyl groups is 1. The third kappa shape index (κ3) is 3.19. The third-order valence-corrected chi connectivity index (χ3v) is 4.44. The number of phenolic OH excluding ortho intramolecular Hbond substituents is 1. The molecule has 0 spiro atoms. The molecule has 0 aliphatic rings. The summed E-state index contributed by atoms with van der Waals surface area (Å²) in [4.78, 5) is 18.5. The number of amides is 1. The van der Waals surface area contributed by atoms with Crippen molar-refractivity contribution in [3.8, 4) is 5.75 Å². The predicted molar refractivity (Wildman–Crippen MR) is 93.3 cm³/mol. The van der Waals surface area contributed by atoms with Gasteiger partial charge in [-0.05, 0) is 29.8 Å². The van der Waals surface area contributed by atoms with Crippen LogP contribution in [0.15, 0.2) is 59.2 Å². The Hall–Kier alpha value is -2.40. The molecule has 1 aromatic heterocycles. The molecule has 1 heterocycles. The van der Waals surface area contributed by atoms with Crippen molar-refractivity contribution in [2.45, 2.75) is 6.54 Å². The van der Waals surface area contributed by atoms with Gasteiger partial charge in [0.25, 0.3) is 5.91 Å². The second-order valence-corrected chi connectivity index (χ2v) is 6.17. The van der Waals surface area contributed by atoms with Gasteiger partial charge >= 0.3 is 0 Å². The van der Waals surface area contributed by atoms with Crippen LogP contribution >= 0.6 is 15.9 Å². The topological polar surface area (TPSA) is 53.4 Å². The molecule has 0 bridgehead atoms. The van der Waals surface area contributed by atoms with Crippen LogP contribution in [0.5, 0.6) is 5.75 Å². The molecule has 0 fully saturated rings. The first kappa shape index (κ1) is 15.5. The summed E-state index contributed by atoms with van der Waals surface area (Å²) in [5, 5.41) is 11.0. The summed E-state index contributed by atoms with van der Waals surface area (Å²) < 4.78 is 0.948. The predicted octanol–water partition coefficient (Wildman–Crippen LogP) is 3.98. The Kier molecular flexibility index (Phi) is 4.30. The molecule has 4 nitrogen and oxygen atoms in total. The summed E-state index contributed by atoms with van der Waals surface area (Å²) >= 11 is 3.48. The van der Waals surface area contributed by atoms with E-state index in [-0.39, 0.29) is 17.2 Å². The van der Waals surface area contributed by atoms with Crippen LogP contribution < -0.4 is 0 Å². The van der Waals surface area contributed by atoms with E-state index in [1.54, 1.807) is 36.3 Å². The molecule has 0 atom stereocenters. The molecule has 0 unspecified atom stereocenters. The molecule has 2 aromatic carbocycles. The van der Waals surface area contributed by atoms with E-state index in [0.717, 1.165) is 15.4 Å². The second kappa shape index (κ2) is 6.38. The van der Waals surface area contributed by atoms with Crippen molar-refractivity contribution < 1.29 is 9.90 Å². The van der Waals surface area contributed by atoms with E-state index in [2.05, 4.69) is 20.9 Å². The van der Waals surface area contributed by atoms with Gasteiger partial charge in [0.1, 0.15) is 5.75 Å². The van der Waals surface area contributed by atoms with Gasteiger partial charge in [-0.1, -0.05) is 40.2 Å². The smallest absolute Gasteiger partial charge is 0.257 e. The Bertz CT molecular complexity index is 880. The number of hydrogen-bond donors (Lipinski definition) is 1. The van der Waals surface area contributed by atoms with Gasteiger partial charge in [-0.3, -0.25) is 9.78 Å². The van der Waals surface area contributed by atoms with E-state index in [0.29, 0.717) is 12.1 Å². The SMILES string of the molecule is CN(Cc1ccccc1Br)C(=O)c1cc2ncccc2cc1O. The molecule has 0 aliphatic carbocycles. The van der Waals surface area contributed by atoms with Crippen molar-refractivity contribution in [1.82, 2.24) is 9.88 Å². The molecule has 0 radical (unpaired) electrons. The summed E-state index contributed by atoms with van der Waals surface area (Å²) in [6.45, 7) is 0.444. The molecule has 5 heteroatoms. The van der Waals surface area contributed by atoms with Crippen molar-refractivity contribution in [3.63, 3.8) is 0 Å². The zero-order chi connectivity index (χ0) is 16.4. The maximum absolute atomic E-state index is 12.6. The first-order chi connectivity index (χ1) is 11.1. The van der Waals surface area contributed by atoms with Gasteiger partial charge in [-0.15, -0.1) is 0 Å². The molecule has 0 saturated carbocycles. The van der Waals surface area contributed by atoms with E-state index in [9.17, 15) is 9.90 Å². The number of halogens is 1. The van der Waals surface area contributed by atoms with Crippen LogP contribution in [0.25, 0.3) is 10.9 Å². The zero-order valence-electron chi connectivity index (χ0n) is 12.5. The number of pyridine rings is 1. The Labute approximate surface area is 142 Å². The number of carbonyl (C=O) groups excluding carboxylic acids is 1. The van der Waals surface area contributed by atoms with Crippen LogP contribution in [-0.4, -0.2) is 27.9 Å². The molecule has 116 valence electrons. The van der Waals surface area contributed by atoms with Crippen LogP contribution in [0.3, 0.4) is 0 Å². The maximum Gasteiger partial charge on any atom is 0.257 e. The monoisotopic (exact) mass is 370 g/mol. The van der Waals surface area contributed by atoms with Gasteiger partial charge in [-0.2, -0.15) is 0 Å². The minimum Gasteiger partial charge on any atom is -0.507 e. The first-order valence-corrected chi connectivity index (χ1v) is 7.92. The number of rotatable bonds is 3. The standard InChI is InChI=1S/C18H15BrN2O2/c1-21(11-13-5-2-3-7-15(13)19)18(23)14-10-16-12(9-17(14)22)6-4-8-20-16/h2-10,22H,11H2,1H3. The number of hydrogen-bond acceptors (Lipinski definition) is 3. The number of nitrogens with zero attached hydrogens (tertiary/aromatic N) is 2. The lowest BCUT2D eigenvalue weighted by Crippen LogP contribution is -2.26. The van der Waals surface area contributed by atoms with Crippen molar-refractivity contribution in [2.24, 2.45) is 0 Å². The molecular weight excluding hydrogens is 356 g/mol. The van der Waals surface area contributed by atoms with Crippen LogP contribution in [0.2, 0.25) is 0 Å². The van der Waals surface area contributed by atoms with E-state index in [4.69, 9.17) is 0 Å². The lowest BCUT2D eigenvalue weighted by atomic mass is 10.1. The van der Waals surface area contributed by atoms with E-state index in [1.807, 2.05) is 30.3 Å². The Balaban J connectivity index is 1.90. The normalized spacial score (nSPS) is 10.7. The van der Waals surface area contributed by atoms with Crippen LogP contribution in [-0.2, 0) is 6.54 Å². The molecule has 1 amide bonds. The third-order valence-electron chi connectivity index (χ3n) is 3.66. The highest BCUT2D eigenvalue weighted by Crippen LogP contribution is 2.25. The maximum atomic E-state index is 12.6. The molecule has 1 N–H and O–H groups in total. The highest BCUT2D eigenvalue weighted by atomic mass is 79.9. The summed E-state index contributed by atoms with van der Waals surface area (Å²) in [6.07, 6.45) is 1.67. The molecule has 3 rings (SSSR count). The van der Waals surface area contributed by atoms with Crippen LogP contribution in [0, 0.1) is 0 Å². The number of benzene rings is 2. The zero-order valence-corrected chi connectivity index (χ0v) is 14.1. The first-order valence-electron chi connectivity index (χ1n) is 7.13. The summed E-state index contributed by atoms with van der Waals surface area (Å²) in [5.41, 5.74) is 1.94. The van der Waals surface area contributed by atoms with Gasteiger partial charge in [-0.25, -0.2) is 0 Å². The van der Waals surface area contributed by atoms with E-state index >= 15 is 0 Å². The summed E-state index contributed by atoms with van der Waals surface area (Å²) in [6, 6.07) is 14.6. The van der Waals surface area contributed by atoms with E-state index in [1.165, 1.54) is 0 Å². The molecular formula is C18H15BrN2O2. The van der Waals surface area contributed by atoms with Crippen molar-refractivity contribution >= 4 is 32.7 Å². The molecule has 0 saturated heterocycles. The van der Waals surface area contributed by atoms with Crippen molar-refractivity contribution in [2.75, 3.05) is 7.05 Å². The highest BCUT2D eigenvalue weighted by molar-refractivity contribution is 9.10. The molecule has 3 aromatic rings. The lowest BCUT2D eigenvalue weighted by molar-refractivity contribution is 0.0782. The van der Waals surface area contributed by atoms with Gasteiger partial charge in [0.05, 0.1) is 11.1 Å². The fourth-order valence-electron chi connectivity index (χ4n) is 2.44. The summed E-state index contributed by atoms with van der Waals surface area (Å²) in [7, 11) is 1.71. The Morgan fingerprint density at radius 1 is 1.22 bits per heavy atom. The quantitative estimate of drug-likeness (QED) is 0.758. The minimum atomic E-state index is -0.245. The number of phenols is 1. The fourth-order valence-corrected chi connectivity index (χ4v) is 2.85. The van der Waals surface area contributed by atoms with Gasteiger partial charge in [0.15, 0.2) is 0 Å². The average molecular weight is 371 g/mol. The highest BCUT2D eigenvalue weighted by Gasteiger charge is 2.18. The van der Waals surface area contributed by atoms with Gasteiger partial charge in [0.2, 0.25) is 0 Å². The fraction of sp³-hybridized carbons (Fsp3) is 0.111. The van der Waals surface area contributed by atoms with Crippen LogP contribution in [0.4, 0.5) is 0 Å². The lowest BCUT2D eigenvalue weighted by Gasteiger charge is -2.19. The second-order valence-electron chi connectivity index (χ2n) is 5.32. The number of aromatic nitrogens is 1. The Morgan fingerprint density at radius 2 is 2.00 bits per heavy atom. The van der Waals surface area contributed by atoms with Crippen molar-refractivity contribution in [1.29, 1.82) is 0 Å². The average Bonchev–Trinajstić information content (AvgIpc) is 2.55. The number of carbonyl (C=O) groups is 1. The van der Waals surface area contributed by atoms with E-state index < -0.39 is 0 Å². The van der Waals surface area contributed by atoms with Crippen molar-refractivity contribution in [3.05, 3.63) is 70.3 Å². The van der Waals surface area contributed by atoms with Crippen LogP contribution in [0.1, 0.15) is 15.9 Å².